The van der Waals surface area contributed by atoms with Gasteiger partial charge in [-0.1, -0.05) is 94.8 Å². The van der Waals surface area contributed by atoms with Crippen molar-refractivity contribution < 1.29 is 22.7 Å². The Hall–Kier alpha value is -4.93. The van der Waals surface area contributed by atoms with Gasteiger partial charge in [0.25, 0.3) is 10.0 Å². The maximum Gasteiger partial charge on any atom is 0.264 e. The molecule has 0 aliphatic heterocycles. The molecule has 0 heterocycles. The molecule has 0 aliphatic rings. The van der Waals surface area contributed by atoms with Gasteiger partial charge < -0.3 is 15.0 Å². The number of hydrogen-bond donors (Lipinski definition) is 1. The standard InChI is InChI=1S/C39H38BrN3O5S/c1-29(2)41-39(45)37(26-30-12-6-3-7-13-30)42(27-31-18-20-32(40)21-19-31)38(44)28-43(49(46,47)36-16-10-5-11-17-36)33-22-24-35(25-23-33)48-34-14-8-4-9-15-34/h3-25,29,37H,26-28H2,1-2H3,(H,41,45). The lowest BCUT2D eigenvalue weighted by Gasteiger charge is -2.34. The van der Waals surface area contributed by atoms with Crippen molar-refractivity contribution in [3.63, 3.8) is 0 Å². The number of nitrogens with zero attached hydrogens (tertiary/aromatic N) is 2. The van der Waals surface area contributed by atoms with Crippen LogP contribution < -0.4 is 14.4 Å². The second-order valence-electron chi connectivity index (χ2n) is 11.8. The first kappa shape index (κ1) is 35.4. The van der Waals surface area contributed by atoms with Crippen LogP contribution in [0, 0.1) is 0 Å². The summed E-state index contributed by atoms with van der Waals surface area (Å²) in [6.07, 6.45) is 0.235. The highest BCUT2D eigenvalue weighted by Crippen LogP contribution is 2.29. The summed E-state index contributed by atoms with van der Waals surface area (Å²) in [5, 5.41) is 2.97. The van der Waals surface area contributed by atoms with E-state index in [9.17, 15) is 18.0 Å². The number of benzene rings is 5. The molecule has 0 aromatic heterocycles. The van der Waals surface area contributed by atoms with Crippen LogP contribution >= 0.6 is 15.9 Å². The maximum atomic E-state index is 14.6. The molecule has 0 fully saturated rings. The highest BCUT2D eigenvalue weighted by atomic mass is 79.9. The number of amides is 2. The second-order valence-corrected chi connectivity index (χ2v) is 14.5. The summed E-state index contributed by atoms with van der Waals surface area (Å²) in [5.41, 5.74) is 1.92. The molecule has 8 nitrogen and oxygen atoms in total. The van der Waals surface area contributed by atoms with Crippen LogP contribution in [0.3, 0.4) is 0 Å². The Balaban J connectivity index is 1.54. The number of hydrogen-bond acceptors (Lipinski definition) is 5. The lowest BCUT2D eigenvalue weighted by Crippen LogP contribution is -2.54. The van der Waals surface area contributed by atoms with Gasteiger partial charge >= 0.3 is 0 Å². The van der Waals surface area contributed by atoms with Crippen LogP contribution in [-0.4, -0.2) is 43.8 Å². The van der Waals surface area contributed by atoms with Gasteiger partial charge in [0.2, 0.25) is 11.8 Å². The summed E-state index contributed by atoms with van der Waals surface area (Å²) < 4.78 is 36.4. The van der Waals surface area contributed by atoms with Gasteiger partial charge in [0.05, 0.1) is 10.6 Å². The zero-order chi connectivity index (χ0) is 34.8. The monoisotopic (exact) mass is 739 g/mol. The molecule has 0 aliphatic carbocycles. The van der Waals surface area contributed by atoms with E-state index in [0.29, 0.717) is 11.5 Å². The van der Waals surface area contributed by atoms with E-state index in [0.717, 1.165) is 19.9 Å². The van der Waals surface area contributed by atoms with Gasteiger partial charge in [-0.3, -0.25) is 13.9 Å². The lowest BCUT2D eigenvalue weighted by atomic mass is 10.0. The van der Waals surface area contributed by atoms with E-state index in [4.69, 9.17) is 4.74 Å². The van der Waals surface area contributed by atoms with Gasteiger partial charge in [0, 0.05) is 23.5 Å². The molecule has 0 bridgehead atoms. The molecule has 5 aromatic carbocycles. The third-order valence-electron chi connectivity index (χ3n) is 7.68. The zero-order valence-electron chi connectivity index (χ0n) is 27.3. The van der Waals surface area contributed by atoms with E-state index < -0.39 is 28.5 Å². The molecule has 10 heteroatoms. The minimum absolute atomic E-state index is 0.0326. The average molecular weight is 741 g/mol. The van der Waals surface area contributed by atoms with Crippen molar-refractivity contribution in [3.05, 3.63) is 155 Å². The first-order valence-electron chi connectivity index (χ1n) is 15.9. The van der Waals surface area contributed by atoms with Crippen LogP contribution in [0.15, 0.2) is 149 Å². The first-order valence-corrected chi connectivity index (χ1v) is 18.1. The fourth-order valence-corrected chi connectivity index (χ4v) is 6.97. The number of carbonyl (C=O) groups is 2. The number of halogens is 1. The normalized spacial score (nSPS) is 11.8. The van der Waals surface area contributed by atoms with Crippen molar-refractivity contribution >= 4 is 43.5 Å². The molecule has 5 aromatic rings. The van der Waals surface area contributed by atoms with Crippen molar-refractivity contribution in [3.8, 4) is 11.5 Å². The van der Waals surface area contributed by atoms with Gasteiger partial charge in [0.15, 0.2) is 0 Å². The van der Waals surface area contributed by atoms with Crippen LogP contribution in [0.2, 0.25) is 0 Å². The minimum atomic E-state index is -4.22. The Morgan fingerprint density at radius 3 is 1.86 bits per heavy atom. The molecule has 5 rings (SSSR count). The molecule has 252 valence electrons. The molecular weight excluding hydrogens is 702 g/mol. The Bertz CT molecular complexity index is 1920. The molecule has 1 atom stereocenters. The fraction of sp³-hybridized carbons (Fsp3) is 0.179. The molecule has 0 spiro atoms. The summed E-state index contributed by atoms with van der Waals surface area (Å²) >= 11 is 3.46. The van der Waals surface area contributed by atoms with Gasteiger partial charge in [-0.25, -0.2) is 8.42 Å². The number of sulfonamides is 1. The maximum absolute atomic E-state index is 14.6. The van der Waals surface area contributed by atoms with E-state index >= 15 is 0 Å². The van der Waals surface area contributed by atoms with Crippen LogP contribution in [0.5, 0.6) is 11.5 Å². The Kier molecular flexibility index (Phi) is 11.9. The summed E-state index contributed by atoms with van der Waals surface area (Å²) in [7, 11) is -4.22. The molecule has 0 saturated heterocycles. The second kappa shape index (κ2) is 16.5. The lowest BCUT2D eigenvalue weighted by molar-refractivity contribution is -0.140. The van der Waals surface area contributed by atoms with Gasteiger partial charge in [0.1, 0.15) is 24.1 Å². The molecule has 1 unspecified atom stereocenters. The largest absolute Gasteiger partial charge is 0.457 e. The summed E-state index contributed by atoms with van der Waals surface area (Å²) in [5.74, 6) is 0.270. The van der Waals surface area contributed by atoms with Gasteiger partial charge in [-0.15, -0.1) is 0 Å². The van der Waals surface area contributed by atoms with Crippen molar-refractivity contribution in [2.45, 2.75) is 43.8 Å². The summed E-state index contributed by atoms with van der Waals surface area (Å²) in [6.45, 7) is 3.25. The van der Waals surface area contributed by atoms with E-state index in [1.165, 1.54) is 17.0 Å². The number of rotatable bonds is 14. The molecule has 1 N–H and O–H groups in total. The van der Waals surface area contributed by atoms with Crippen molar-refractivity contribution in [1.29, 1.82) is 0 Å². The van der Waals surface area contributed by atoms with E-state index in [-0.39, 0.29) is 35.5 Å². The van der Waals surface area contributed by atoms with Crippen molar-refractivity contribution in [2.75, 3.05) is 10.8 Å². The van der Waals surface area contributed by atoms with Crippen molar-refractivity contribution in [2.24, 2.45) is 0 Å². The number of nitrogens with one attached hydrogen (secondary N) is 1. The summed E-state index contributed by atoms with van der Waals surface area (Å²) in [6, 6.07) is 39.6. The molecule has 49 heavy (non-hydrogen) atoms. The van der Waals surface area contributed by atoms with E-state index in [2.05, 4.69) is 21.2 Å². The van der Waals surface area contributed by atoms with Crippen LogP contribution in [0.1, 0.15) is 25.0 Å². The predicted octanol–water partition coefficient (Wildman–Crippen LogP) is 7.60. The molecular formula is C39H38BrN3O5S. The van der Waals surface area contributed by atoms with E-state index in [1.807, 2.05) is 98.8 Å². The Morgan fingerprint density at radius 2 is 1.27 bits per heavy atom. The average Bonchev–Trinajstić information content (AvgIpc) is 3.11. The topological polar surface area (TPSA) is 96.0 Å². The Morgan fingerprint density at radius 1 is 0.714 bits per heavy atom. The van der Waals surface area contributed by atoms with Crippen LogP contribution in [0.25, 0.3) is 0 Å². The van der Waals surface area contributed by atoms with Crippen LogP contribution in [0.4, 0.5) is 5.69 Å². The predicted molar refractivity (Wildman–Crippen MR) is 196 cm³/mol. The number of carbonyl (C=O) groups excluding carboxylic acids is 2. The smallest absolute Gasteiger partial charge is 0.264 e. The number of anilines is 1. The van der Waals surface area contributed by atoms with Gasteiger partial charge in [-0.2, -0.15) is 0 Å². The molecule has 2 amide bonds. The zero-order valence-corrected chi connectivity index (χ0v) is 29.7. The highest BCUT2D eigenvalue weighted by molar-refractivity contribution is 9.10. The highest BCUT2D eigenvalue weighted by Gasteiger charge is 2.34. The third-order valence-corrected chi connectivity index (χ3v) is 10.00. The molecule has 0 radical (unpaired) electrons. The molecule has 0 saturated carbocycles. The van der Waals surface area contributed by atoms with E-state index in [1.54, 1.807) is 42.5 Å². The van der Waals surface area contributed by atoms with Gasteiger partial charge in [-0.05, 0) is 85.6 Å². The van der Waals surface area contributed by atoms with Crippen LogP contribution in [-0.2, 0) is 32.6 Å². The SMILES string of the molecule is CC(C)NC(=O)C(Cc1ccccc1)N(Cc1ccc(Br)cc1)C(=O)CN(c1ccc(Oc2ccccc2)cc1)S(=O)(=O)c1ccccc1. The first-order chi connectivity index (χ1) is 23.6. The van der Waals surface area contributed by atoms with Crippen molar-refractivity contribution in [1.82, 2.24) is 10.2 Å². The Labute approximate surface area is 296 Å². The summed E-state index contributed by atoms with van der Waals surface area (Å²) in [4.78, 5) is 30.0. The fourth-order valence-electron chi connectivity index (χ4n) is 5.27. The quantitative estimate of drug-likeness (QED) is 0.127. The third kappa shape index (κ3) is 9.58. The number of ether oxygens (including phenoxy) is 1. The minimum Gasteiger partial charge on any atom is -0.457 e. The number of para-hydroxylation sites is 1.